The molecule has 2 N–H and O–H groups in total. The number of rotatable bonds is 3. The minimum absolute atomic E-state index is 0.0848. The number of fused-ring (bicyclic) bond motifs is 1. The predicted octanol–water partition coefficient (Wildman–Crippen LogP) is 1.53. The van der Waals surface area contributed by atoms with Crippen molar-refractivity contribution in [3.63, 3.8) is 0 Å². The molecular formula is C14H12ClN3O4. The van der Waals surface area contributed by atoms with E-state index in [1.165, 1.54) is 0 Å². The number of aromatic amines is 1. The highest BCUT2D eigenvalue weighted by molar-refractivity contribution is 6.38. The maximum Gasteiger partial charge on any atom is 0.356 e. The number of esters is 1. The van der Waals surface area contributed by atoms with Crippen molar-refractivity contribution in [2.75, 3.05) is 19.7 Å². The number of amides is 3. The van der Waals surface area contributed by atoms with Crippen molar-refractivity contribution in [2.45, 2.75) is 0 Å². The van der Waals surface area contributed by atoms with Gasteiger partial charge in [-0.05, 0) is 6.07 Å². The van der Waals surface area contributed by atoms with Crippen LogP contribution in [0.2, 0.25) is 5.02 Å². The first kappa shape index (κ1) is 14.4. The lowest BCUT2D eigenvalue weighted by atomic mass is 10.2. The van der Waals surface area contributed by atoms with Crippen LogP contribution in [0.25, 0.3) is 10.9 Å². The van der Waals surface area contributed by atoms with Gasteiger partial charge in [0.05, 0.1) is 5.02 Å². The summed E-state index contributed by atoms with van der Waals surface area (Å²) in [6.07, 6.45) is 0. The average molecular weight is 322 g/mol. The van der Waals surface area contributed by atoms with Crippen LogP contribution in [-0.4, -0.2) is 47.5 Å². The second-order valence-electron chi connectivity index (χ2n) is 4.71. The number of para-hydroxylation sites is 1. The summed E-state index contributed by atoms with van der Waals surface area (Å²) >= 11 is 6.13. The van der Waals surface area contributed by atoms with Gasteiger partial charge in [-0.15, -0.1) is 0 Å². The molecule has 7 nitrogen and oxygen atoms in total. The summed E-state index contributed by atoms with van der Waals surface area (Å²) < 4.78 is 4.94. The third-order valence-electron chi connectivity index (χ3n) is 3.33. The number of hydrogen-bond donors (Lipinski definition) is 2. The molecule has 1 aromatic heterocycles. The number of nitrogens with one attached hydrogen (secondary N) is 2. The lowest BCUT2D eigenvalue weighted by Crippen LogP contribution is -2.37. The summed E-state index contributed by atoms with van der Waals surface area (Å²) in [6, 6.07) is 6.67. The number of carbonyl (C=O) groups excluding carboxylic acids is 3. The van der Waals surface area contributed by atoms with Crippen molar-refractivity contribution in [3.05, 3.63) is 35.0 Å². The SMILES string of the molecule is O=C(OCC(=O)N1CCNC1=O)c1[nH]c2ccccc2c1Cl. The maximum absolute atomic E-state index is 12.0. The Kier molecular flexibility index (Phi) is 3.72. The fourth-order valence-electron chi connectivity index (χ4n) is 2.24. The van der Waals surface area contributed by atoms with Gasteiger partial charge >= 0.3 is 12.0 Å². The molecule has 114 valence electrons. The van der Waals surface area contributed by atoms with Gasteiger partial charge in [0.1, 0.15) is 5.69 Å². The molecule has 3 rings (SSSR count). The smallest absolute Gasteiger partial charge is 0.356 e. The highest BCUT2D eigenvalue weighted by Crippen LogP contribution is 2.27. The highest BCUT2D eigenvalue weighted by Gasteiger charge is 2.27. The molecule has 1 saturated heterocycles. The zero-order valence-electron chi connectivity index (χ0n) is 11.4. The Labute approximate surface area is 130 Å². The van der Waals surface area contributed by atoms with Crippen LogP contribution in [0.4, 0.5) is 4.79 Å². The number of hydrogen-bond acceptors (Lipinski definition) is 4. The average Bonchev–Trinajstić information content (AvgIpc) is 3.09. The molecule has 8 heteroatoms. The Balaban J connectivity index is 1.70. The number of aromatic nitrogens is 1. The third-order valence-corrected chi connectivity index (χ3v) is 3.72. The van der Waals surface area contributed by atoms with Crippen molar-refractivity contribution >= 4 is 40.4 Å². The van der Waals surface area contributed by atoms with Gasteiger partial charge in [-0.1, -0.05) is 29.8 Å². The first-order chi connectivity index (χ1) is 10.6. The molecule has 1 aliphatic heterocycles. The number of ether oxygens (including phenoxy) is 1. The standard InChI is InChI=1S/C14H12ClN3O4/c15-11-8-3-1-2-4-9(8)17-12(11)13(20)22-7-10(19)18-6-5-16-14(18)21/h1-4,17H,5-7H2,(H,16,21). The Hall–Kier alpha value is -2.54. The van der Waals surface area contributed by atoms with E-state index in [9.17, 15) is 14.4 Å². The van der Waals surface area contributed by atoms with E-state index >= 15 is 0 Å². The van der Waals surface area contributed by atoms with Crippen molar-refractivity contribution in [3.8, 4) is 0 Å². The van der Waals surface area contributed by atoms with Crippen molar-refractivity contribution in [2.24, 2.45) is 0 Å². The minimum Gasteiger partial charge on any atom is -0.451 e. The Morgan fingerprint density at radius 3 is 2.77 bits per heavy atom. The summed E-state index contributed by atoms with van der Waals surface area (Å²) in [5.41, 5.74) is 0.784. The van der Waals surface area contributed by atoms with Crippen LogP contribution in [0.15, 0.2) is 24.3 Å². The first-order valence-corrected chi connectivity index (χ1v) is 6.97. The molecule has 0 radical (unpaired) electrons. The van der Waals surface area contributed by atoms with Gasteiger partial charge in [0.15, 0.2) is 6.61 Å². The van der Waals surface area contributed by atoms with Gasteiger partial charge in [-0.2, -0.15) is 0 Å². The van der Waals surface area contributed by atoms with E-state index in [2.05, 4.69) is 10.3 Å². The second kappa shape index (κ2) is 5.69. The minimum atomic E-state index is -0.742. The largest absolute Gasteiger partial charge is 0.451 e. The van der Waals surface area contributed by atoms with Gasteiger partial charge in [-0.25, -0.2) is 9.59 Å². The van der Waals surface area contributed by atoms with Gasteiger partial charge in [-0.3, -0.25) is 9.69 Å². The number of carbonyl (C=O) groups is 3. The highest BCUT2D eigenvalue weighted by atomic mass is 35.5. The fraction of sp³-hybridized carbons (Fsp3) is 0.214. The molecule has 0 unspecified atom stereocenters. The molecule has 0 bridgehead atoms. The van der Waals surface area contributed by atoms with Crippen LogP contribution in [0, 0.1) is 0 Å². The van der Waals surface area contributed by atoms with Crippen LogP contribution in [0.1, 0.15) is 10.5 Å². The molecule has 0 saturated carbocycles. The quantitative estimate of drug-likeness (QED) is 0.839. The molecule has 2 aromatic rings. The van der Waals surface area contributed by atoms with Crippen molar-refractivity contribution in [1.29, 1.82) is 0 Å². The van der Waals surface area contributed by atoms with Gasteiger partial charge < -0.3 is 15.0 Å². The molecular weight excluding hydrogens is 310 g/mol. The molecule has 0 atom stereocenters. The van der Waals surface area contributed by atoms with E-state index in [-0.39, 0.29) is 17.3 Å². The van der Waals surface area contributed by atoms with Gasteiger partial charge in [0.2, 0.25) is 0 Å². The van der Waals surface area contributed by atoms with E-state index in [1.54, 1.807) is 24.3 Å². The summed E-state index contributed by atoms with van der Waals surface area (Å²) in [5.74, 6) is -1.32. The molecule has 2 heterocycles. The molecule has 1 aliphatic rings. The number of urea groups is 1. The Morgan fingerprint density at radius 1 is 1.32 bits per heavy atom. The second-order valence-corrected chi connectivity index (χ2v) is 5.09. The zero-order valence-corrected chi connectivity index (χ0v) is 12.1. The molecule has 0 aliphatic carbocycles. The zero-order chi connectivity index (χ0) is 15.7. The summed E-state index contributed by atoms with van der Waals surface area (Å²) in [6.45, 7) is 0.146. The Morgan fingerprint density at radius 2 is 2.09 bits per heavy atom. The van der Waals surface area contributed by atoms with Crippen LogP contribution in [0.5, 0.6) is 0 Å². The lowest BCUT2D eigenvalue weighted by molar-refractivity contribution is -0.130. The van der Waals surface area contributed by atoms with Crippen molar-refractivity contribution < 1.29 is 19.1 Å². The molecule has 22 heavy (non-hydrogen) atoms. The fourth-order valence-corrected chi connectivity index (χ4v) is 2.52. The number of halogens is 1. The van der Waals surface area contributed by atoms with Crippen LogP contribution in [-0.2, 0) is 9.53 Å². The molecule has 1 aromatic carbocycles. The Bertz CT molecular complexity index is 771. The maximum atomic E-state index is 12.0. The van der Waals surface area contributed by atoms with E-state index in [4.69, 9.17) is 16.3 Å². The third kappa shape index (κ3) is 2.50. The number of imide groups is 1. The predicted molar refractivity (Wildman–Crippen MR) is 78.7 cm³/mol. The summed E-state index contributed by atoms with van der Waals surface area (Å²) in [7, 11) is 0. The normalized spacial score (nSPS) is 14.2. The molecule has 3 amide bonds. The summed E-state index contributed by atoms with van der Waals surface area (Å²) in [5, 5.41) is 3.43. The van der Waals surface area contributed by atoms with Gasteiger partial charge in [0.25, 0.3) is 5.91 Å². The molecule has 0 spiro atoms. The van der Waals surface area contributed by atoms with Crippen molar-refractivity contribution in [1.82, 2.24) is 15.2 Å². The van der Waals surface area contributed by atoms with E-state index in [0.717, 1.165) is 4.90 Å². The number of H-pyrrole nitrogens is 1. The molecule has 1 fully saturated rings. The van der Waals surface area contributed by atoms with Gasteiger partial charge in [0, 0.05) is 24.0 Å². The summed E-state index contributed by atoms with van der Waals surface area (Å²) in [4.78, 5) is 39.0. The van der Waals surface area contributed by atoms with E-state index in [0.29, 0.717) is 17.4 Å². The van der Waals surface area contributed by atoms with E-state index < -0.39 is 24.5 Å². The topological polar surface area (TPSA) is 91.5 Å². The first-order valence-electron chi connectivity index (χ1n) is 6.59. The monoisotopic (exact) mass is 321 g/mol. The van der Waals surface area contributed by atoms with E-state index in [1.807, 2.05) is 0 Å². The lowest BCUT2D eigenvalue weighted by Gasteiger charge is -2.11. The van der Waals surface area contributed by atoms with Crippen LogP contribution >= 0.6 is 11.6 Å². The van der Waals surface area contributed by atoms with Crippen LogP contribution < -0.4 is 5.32 Å². The number of benzene rings is 1. The number of nitrogens with zero attached hydrogens (tertiary/aromatic N) is 1. The van der Waals surface area contributed by atoms with Crippen LogP contribution in [0.3, 0.4) is 0 Å².